The average molecular weight is 354 g/mol. The van der Waals surface area contributed by atoms with Crippen LogP contribution in [0.2, 0.25) is 0 Å². The fourth-order valence-electron chi connectivity index (χ4n) is 3.69. The fourth-order valence-corrected chi connectivity index (χ4v) is 3.69. The summed E-state index contributed by atoms with van der Waals surface area (Å²) < 4.78 is 5.46. The molecule has 0 radical (unpaired) electrons. The van der Waals surface area contributed by atoms with Gasteiger partial charge in [0.05, 0.1) is 12.7 Å². The molecule has 1 saturated heterocycles. The SMILES string of the molecule is CCCCCCCCCCN(CCCCCCCCCC)C[C@H]1CO1. The Kier molecular flexibility index (Phi) is 15.9. The molecule has 0 aromatic carbocycles. The lowest BCUT2D eigenvalue weighted by Crippen LogP contribution is -2.30. The minimum atomic E-state index is 0.558. The Labute approximate surface area is 159 Å². The van der Waals surface area contributed by atoms with Gasteiger partial charge < -0.3 is 9.64 Å². The Bertz CT molecular complexity index is 245. The maximum absolute atomic E-state index is 5.46. The molecule has 0 unspecified atom stereocenters. The molecule has 1 atom stereocenters. The summed E-state index contributed by atoms with van der Waals surface area (Å²) in [5, 5.41) is 0. The summed E-state index contributed by atoms with van der Waals surface area (Å²) >= 11 is 0. The van der Waals surface area contributed by atoms with Crippen molar-refractivity contribution in [2.24, 2.45) is 0 Å². The van der Waals surface area contributed by atoms with Gasteiger partial charge in [0.2, 0.25) is 0 Å². The first-order valence-corrected chi connectivity index (χ1v) is 11.7. The van der Waals surface area contributed by atoms with E-state index in [9.17, 15) is 0 Å². The molecular weight excluding hydrogens is 306 g/mol. The molecule has 0 aromatic rings. The molecule has 1 heterocycles. The molecule has 0 amide bonds. The fraction of sp³-hybridized carbons (Fsp3) is 1.00. The third-order valence-corrected chi connectivity index (χ3v) is 5.52. The van der Waals surface area contributed by atoms with Crippen LogP contribution in [0.15, 0.2) is 0 Å². The Morgan fingerprint density at radius 2 is 0.960 bits per heavy atom. The van der Waals surface area contributed by atoms with Gasteiger partial charge in [0.1, 0.15) is 0 Å². The van der Waals surface area contributed by atoms with Crippen molar-refractivity contribution in [3.8, 4) is 0 Å². The number of unbranched alkanes of at least 4 members (excludes halogenated alkanes) is 14. The van der Waals surface area contributed by atoms with Crippen molar-refractivity contribution >= 4 is 0 Å². The van der Waals surface area contributed by atoms with Gasteiger partial charge >= 0.3 is 0 Å². The van der Waals surface area contributed by atoms with Crippen LogP contribution in [0.3, 0.4) is 0 Å². The van der Waals surface area contributed by atoms with Crippen molar-refractivity contribution < 1.29 is 4.74 Å². The maximum atomic E-state index is 5.46. The smallest absolute Gasteiger partial charge is 0.0936 e. The van der Waals surface area contributed by atoms with Crippen LogP contribution in [0.25, 0.3) is 0 Å². The van der Waals surface area contributed by atoms with E-state index in [-0.39, 0.29) is 0 Å². The first-order chi connectivity index (χ1) is 12.4. The molecule has 0 aliphatic carbocycles. The van der Waals surface area contributed by atoms with Crippen LogP contribution in [0, 0.1) is 0 Å². The zero-order valence-electron chi connectivity index (χ0n) is 17.6. The first kappa shape index (κ1) is 23.0. The molecule has 2 nitrogen and oxygen atoms in total. The van der Waals surface area contributed by atoms with Crippen LogP contribution in [-0.2, 0) is 4.74 Å². The molecule has 2 heteroatoms. The molecule has 0 spiro atoms. The Morgan fingerprint density at radius 3 is 1.32 bits per heavy atom. The van der Waals surface area contributed by atoms with Crippen LogP contribution >= 0.6 is 0 Å². The monoisotopic (exact) mass is 353 g/mol. The zero-order chi connectivity index (χ0) is 18.0. The standard InChI is InChI=1S/C23H47NO/c1-3-5-7-9-11-13-15-17-19-24(21-23-22-25-23)20-18-16-14-12-10-8-6-4-2/h23H,3-22H2,1-2H3/t23-/m0/s1. The largest absolute Gasteiger partial charge is 0.372 e. The molecule has 0 aromatic heterocycles. The highest BCUT2D eigenvalue weighted by Crippen LogP contribution is 2.15. The quantitative estimate of drug-likeness (QED) is 0.173. The van der Waals surface area contributed by atoms with Gasteiger partial charge in [0.25, 0.3) is 0 Å². The third kappa shape index (κ3) is 15.9. The molecule has 0 N–H and O–H groups in total. The Hall–Kier alpha value is -0.0800. The van der Waals surface area contributed by atoms with Crippen molar-refractivity contribution in [3.05, 3.63) is 0 Å². The van der Waals surface area contributed by atoms with E-state index >= 15 is 0 Å². The summed E-state index contributed by atoms with van der Waals surface area (Å²) in [6, 6.07) is 0. The van der Waals surface area contributed by atoms with Gasteiger partial charge in [-0.15, -0.1) is 0 Å². The Morgan fingerprint density at radius 1 is 0.600 bits per heavy atom. The number of hydrogen-bond donors (Lipinski definition) is 0. The van der Waals surface area contributed by atoms with E-state index < -0.39 is 0 Å². The van der Waals surface area contributed by atoms with Gasteiger partial charge in [-0.25, -0.2) is 0 Å². The highest BCUT2D eigenvalue weighted by molar-refractivity contribution is 4.74. The molecule has 1 fully saturated rings. The van der Waals surface area contributed by atoms with E-state index in [4.69, 9.17) is 4.74 Å². The molecule has 150 valence electrons. The summed E-state index contributed by atoms with van der Waals surface area (Å²) in [4.78, 5) is 2.69. The zero-order valence-corrected chi connectivity index (χ0v) is 17.6. The van der Waals surface area contributed by atoms with Gasteiger partial charge in [-0.1, -0.05) is 104 Å². The molecule has 1 aliphatic rings. The first-order valence-electron chi connectivity index (χ1n) is 11.7. The minimum absolute atomic E-state index is 0.558. The van der Waals surface area contributed by atoms with Crippen molar-refractivity contribution in [1.82, 2.24) is 4.90 Å². The van der Waals surface area contributed by atoms with Gasteiger partial charge in [-0.2, -0.15) is 0 Å². The van der Waals surface area contributed by atoms with E-state index in [1.807, 2.05) is 0 Å². The number of hydrogen-bond acceptors (Lipinski definition) is 2. The molecular formula is C23H47NO. The van der Waals surface area contributed by atoms with E-state index in [0.717, 1.165) is 6.61 Å². The summed E-state index contributed by atoms with van der Waals surface area (Å²) in [6.07, 6.45) is 23.3. The van der Waals surface area contributed by atoms with E-state index in [1.165, 1.54) is 122 Å². The van der Waals surface area contributed by atoms with E-state index in [1.54, 1.807) is 0 Å². The van der Waals surface area contributed by atoms with Crippen molar-refractivity contribution in [2.75, 3.05) is 26.2 Å². The summed E-state index contributed by atoms with van der Waals surface area (Å²) in [5.41, 5.74) is 0. The molecule has 1 aliphatic heterocycles. The van der Waals surface area contributed by atoms with Crippen LogP contribution in [0.4, 0.5) is 0 Å². The van der Waals surface area contributed by atoms with Crippen molar-refractivity contribution in [3.63, 3.8) is 0 Å². The van der Waals surface area contributed by atoms with Crippen LogP contribution in [0.1, 0.15) is 117 Å². The molecule has 1 rings (SSSR count). The van der Waals surface area contributed by atoms with Gasteiger partial charge in [-0.05, 0) is 25.9 Å². The lowest BCUT2D eigenvalue weighted by Gasteiger charge is -2.21. The van der Waals surface area contributed by atoms with Crippen molar-refractivity contribution in [1.29, 1.82) is 0 Å². The van der Waals surface area contributed by atoms with Crippen LogP contribution < -0.4 is 0 Å². The number of nitrogens with zero attached hydrogens (tertiary/aromatic N) is 1. The highest BCUT2D eigenvalue weighted by atomic mass is 16.6. The predicted octanol–water partition coefficient (Wildman–Crippen LogP) is 6.97. The topological polar surface area (TPSA) is 15.8 Å². The maximum Gasteiger partial charge on any atom is 0.0936 e. The number of rotatable bonds is 20. The molecule has 25 heavy (non-hydrogen) atoms. The van der Waals surface area contributed by atoms with Gasteiger partial charge in [0, 0.05) is 6.54 Å². The highest BCUT2D eigenvalue weighted by Gasteiger charge is 2.24. The van der Waals surface area contributed by atoms with Crippen LogP contribution in [-0.4, -0.2) is 37.2 Å². The van der Waals surface area contributed by atoms with E-state index in [0.29, 0.717) is 6.10 Å². The molecule has 0 saturated carbocycles. The summed E-state index contributed by atoms with van der Waals surface area (Å²) in [6.45, 7) is 9.38. The van der Waals surface area contributed by atoms with Gasteiger partial charge in [-0.3, -0.25) is 0 Å². The molecule has 0 bridgehead atoms. The predicted molar refractivity (Wildman–Crippen MR) is 111 cm³/mol. The Balaban J connectivity index is 1.94. The second-order valence-corrected chi connectivity index (χ2v) is 8.21. The summed E-state index contributed by atoms with van der Waals surface area (Å²) in [7, 11) is 0. The van der Waals surface area contributed by atoms with Gasteiger partial charge in [0.15, 0.2) is 0 Å². The lowest BCUT2D eigenvalue weighted by atomic mass is 10.1. The lowest BCUT2D eigenvalue weighted by molar-refractivity contribution is 0.232. The normalized spacial score (nSPS) is 16.7. The average Bonchev–Trinajstić information content (AvgIpc) is 3.43. The van der Waals surface area contributed by atoms with E-state index in [2.05, 4.69) is 18.7 Å². The van der Waals surface area contributed by atoms with Crippen molar-refractivity contribution in [2.45, 2.75) is 123 Å². The minimum Gasteiger partial charge on any atom is -0.372 e. The second kappa shape index (κ2) is 17.3. The number of epoxide rings is 1. The van der Waals surface area contributed by atoms with Crippen LogP contribution in [0.5, 0.6) is 0 Å². The summed E-state index contributed by atoms with van der Waals surface area (Å²) in [5.74, 6) is 0. The third-order valence-electron chi connectivity index (χ3n) is 5.52. The second-order valence-electron chi connectivity index (χ2n) is 8.21. The number of ether oxygens (including phenoxy) is 1.